The van der Waals surface area contributed by atoms with Gasteiger partial charge in [-0.15, -0.1) is 0 Å². The number of nitrogens with zero attached hydrogens (tertiary/aromatic N) is 3. The molecule has 2 amide bonds. The highest BCUT2D eigenvalue weighted by molar-refractivity contribution is 6.50. The van der Waals surface area contributed by atoms with Crippen LogP contribution in [-0.4, -0.2) is 46.5 Å². The zero-order valence-corrected chi connectivity index (χ0v) is 21.3. The van der Waals surface area contributed by atoms with Crippen LogP contribution in [0.5, 0.6) is 0 Å². The molecule has 188 valence electrons. The Labute approximate surface area is 214 Å². The van der Waals surface area contributed by atoms with E-state index in [0.717, 1.165) is 66.6 Å². The SMILES string of the molecule is C/C=C\C=C/c1cc2cn1CCCC(CN(C)C)CCn1cc(c3ccccc31)C1=C2C(=O)NC1=O.[HH]. The summed E-state index contributed by atoms with van der Waals surface area (Å²) in [6.07, 6.45) is 15.4. The summed E-state index contributed by atoms with van der Waals surface area (Å²) < 4.78 is 4.48. The molecule has 3 aromatic rings. The second-order valence-corrected chi connectivity index (χ2v) is 10.1. The molecule has 0 radical (unpaired) electrons. The first-order valence-corrected chi connectivity index (χ1v) is 12.8. The Morgan fingerprint density at radius 3 is 2.64 bits per heavy atom. The smallest absolute Gasteiger partial charge is 0.259 e. The van der Waals surface area contributed by atoms with Crippen molar-refractivity contribution < 1.29 is 11.0 Å². The molecule has 0 fully saturated rings. The van der Waals surface area contributed by atoms with Gasteiger partial charge in [-0.3, -0.25) is 14.9 Å². The standard InChI is InChI=1S/C30H34N4O2.H2/c1-4-5-6-11-23-17-22-19-33(23)15-9-10-21(18-32(2)3)14-16-34-20-25(24-12-7-8-13-26(24)34)28-27(22)29(35)31-30(28)36;/h4-8,11-13,17,19-21H,9-10,14-16,18H2,1-3H3,(H,31,35,36);1H/b5-4-,11-6-;. The molecule has 36 heavy (non-hydrogen) atoms. The normalized spacial score (nSPS) is 19.1. The Bertz CT molecular complexity index is 1410. The molecule has 1 unspecified atom stereocenters. The number of para-hydroxylation sites is 1. The van der Waals surface area contributed by atoms with Gasteiger partial charge >= 0.3 is 0 Å². The number of nitrogens with one attached hydrogen (secondary N) is 1. The first-order chi connectivity index (χ1) is 17.5. The second kappa shape index (κ2) is 10.2. The van der Waals surface area contributed by atoms with Crippen LogP contribution in [0.15, 0.2) is 61.0 Å². The van der Waals surface area contributed by atoms with Gasteiger partial charge in [0, 0.05) is 61.2 Å². The number of aryl methyl sites for hydroxylation is 2. The predicted octanol–water partition coefficient (Wildman–Crippen LogP) is 5.21. The van der Waals surface area contributed by atoms with E-state index in [1.54, 1.807) is 0 Å². The highest BCUT2D eigenvalue weighted by Gasteiger charge is 2.34. The molecule has 4 heterocycles. The van der Waals surface area contributed by atoms with Crippen molar-refractivity contribution in [2.75, 3.05) is 20.6 Å². The van der Waals surface area contributed by atoms with Crippen LogP contribution in [0, 0.1) is 5.92 Å². The third-order valence-electron chi connectivity index (χ3n) is 7.19. The van der Waals surface area contributed by atoms with Gasteiger partial charge in [0.05, 0.1) is 11.1 Å². The molecule has 0 saturated heterocycles. The van der Waals surface area contributed by atoms with E-state index >= 15 is 0 Å². The number of rotatable bonds is 4. The van der Waals surface area contributed by atoms with E-state index < -0.39 is 0 Å². The van der Waals surface area contributed by atoms with Crippen molar-refractivity contribution >= 4 is 39.9 Å². The van der Waals surface area contributed by atoms with Crippen molar-refractivity contribution in [2.24, 2.45) is 5.92 Å². The fourth-order valence-corrected chi connectivity index (χ4v) is 5.60. The molecule has 0 spiro atoms. The van der Waals surface area contributed by atoms with E-state index in [1.165, 1.54) is 0 Å². The summed E-state index contributed by atoms with van der Waals surface area (Å²) in [6, 6.07) is 10.2. The van der Waals surface area contributed by atoms with E-state index in [2.05, 4.69) is 51.8 Å². The van der Waals surface area contributed by atoms with Gasteiger partial charge in [0.25, 0.3) is 11.8 Å². The molecule has 2 aromatic heterocycles. The molecule has 2 aliphatic rings. The molecule has 6 heteroatoms. The molecular formula is C30H36N4O2. The van der Waals surface area contributed by atoms with Gasteiger partial charge in [0.15, 0.2) is 0 Å². The van der Waals surface area contributed by atoms with Crippen LogP contribution in [0.1, 0.15) is 44.4 Å². The van der Waals surface area contributed by atoms with Crippen LogP contribution in [0.4, 0.5) is 0 Å². The van der Waals surface area contributed by atoms with E-state index in [1.807, 2.05) is 55.6 Å². The quantitative estimate of drug-likeness (QED) is 0.409. The topological polar surface area (TPSA) is 59.3 Å². The van der Waals surface area contributed by atoms with E-state index in [4.69, 9.17) is 0 Å². The van der Waals surface area contributed by atoms with Gasteiger partial charge in [-0.2, -0.15) is 0 Å². The summed E-state index contributed by atoms with van der Waals surface area (Å²) >= 11 is 0. The highest BCUT2D eigenvalue weighted by atomic mass is 16.2. The Morgan fingerprint density at radius 1 is 1.03 bits per heavy atom. The summed E-state index contributed by atoms with van der Waals surface area (Å²) in [5, 5.41) is 3.57. The lowest BCUT2D eigenvalue weighted by Crippen LogP contribution is -2.23. The van der Waals surface area contributed by atoms with Crippen LogP contribution in [0.2, 0.25) is 0 Å². The van der Waals surface area contributed by atoms with Gasteiger partial charge in [-0.25, -0.2) is 0 Å². The van der Waals surface area contributed by atoms with Crippen LogP contribution < -0.4 is 5.32 Å². The fourth-order valence-electron chi connectivity index (χ4n) is 5.60. The number of allylic oxidation sites excluding steroid dienone is 3. The third-order valence-corrected chi connectivity index (χ3v) is 7.19. The van der Waals surface area contributed by atoms with Crippen LogP contribution in [-0.2, 0) is 22.7 Å². The predicted molar refractivity (Wildman–Crippen MR) is 148 cm³/mol. The largest absolute Gasteiger partial charge is 0.347 e. The van der Waals surface area contributed by atoms with Gasteiger partial charge in [-0.1, -0.05) is 36.4 Å². The summed E-state index contributed by atoms with van der Waals surface area (Å²) in [5.41, 5.74) is 4.67. The monoisotopic (exact) mass is 484 g/mol. The minimum absolute atomic E-state index is 0. The number of carbonyl (C=O) groups is 2. The van der Waals surface area contributed by atoms with Crippen molar-refractivity contribution in [2.45, 2.75) is 39.3 Å². The molecule has 5 rings (SSSR count). The lowest BCUT2D eigenvalue weighted by molar-refractivity contribution is -0.122. The van der Waals surface area contributed by atoms with E-state index in [0.29, 0.717) is 17.1 Å². The van der Waals surface area contributed by atoms with E-state index in [9.17, 15) is 9.59 Å². The maximum Gasteiger partial charge on any atom is 0.259 e. The van der Waals surface area contributed by atoms with E-state index in [-0.39, 0.29) is 13.2 Å². The number of hydrogen-bond donors (Lipinski definition) is 1. The average Bonchev–Trinajstić information content (AvgIpc) is 3.49. The fraction of sp³-hybridized carbons (Fsp3) is 0.333. The highest BCUT2D eigenvalue weighted by Crippen LogP contribution is 2.37. The van der Waals surface area contributed by atoms with Gasteiger partial charge < -0.3 is 14.0 Å². The summed E-state index contributed by atoms with van der Waals surface area (Å²) in [7, 11) is 4.28. The summed E-state index contributed by atoms with van der Waals surface area (Å²) in [6.45, 7) is 4.77. The molecule has 4 bridgehead atoms. The zero-order chi connectivity index (χ0) is 25.2. The number of carbonyl (C=O) groups excluding carboxylic acids is 2. The number of amides is 2. The molecule has 2 aliphatic heterocycles. The first kappa shape index (κ1) is 24.1. The zero-order valence-electron chi connectivity index (χ0n) is 21.3. The molecule has 6 nitrogen and oxygen atoms in total. The molecule has 1 N–H and O–H groups in total. The molecule has 0 saturated carbocycles. The Balaban J connectivity index is 0.00000320. The first-order valence-electron chi connectivity index (χ1n) is 12.8. The van der Waals surface area contributed by atoms with Crippen molar-refractivity contribution in [3.05, 3.63) is 77.8 Å². The van der Waals surface area contributed by atoms with Gasteiger partial charge in [-0.05, 0) is 64.4 Å². The van der Waals surface area contributed by atoms with Crippen molar-refractivity contribution in [1.29, 1.82) is 0 Å². The Kier molecular flexibility index (Phi) is 6.79. The maximum atomic E-state index is 13.2. The third kappa shape index (κ3) is 4.61. The number of aromatic nitrogens is 2. The second-order valence-electron chi connectivity index (χ2n) is 10.1. The maximum absolute atomic E-state index is 13.2. The number of benzene rings is 1. The average molecular weight is 485 g/mol. The van der Waals surface area contributed by atoms with Gasteiger partial charge in [0.2, 0.25) is 0 Å². The van der Waals surface area contributed by atoms with Crippen LogP contribution in [0.25, 0.3) is 28.1 Å². The van der Waals surface area contributed by atoms with Crippen molar-refractivity contribution in [1.82, 2.24) is 19.4 Å². The number of fused-ring (bicyclic) bond motifs is 9. The van der Waals surface area contributed by atoms with Crippen molar-refractivity contribution in [3.8, 4) is 0 Å². The number of imide groups is 1. The number of hydrogen-bond acceptors (Lipinski definition) is 3. The minimum Gasteiger partial charge on any atom is -0.347 e. The molecule has 1 atom stereocenters. The van der Waals surface area contributed by atoms with Crippen molar-refractivity contribution in [3.63, 3.8) is 0 Å². The Morgan fingerprint density at radius 2 is 1.83 bits per heavy atom. The molecular weight excluding hydrogens is 448 g/mol. The lowest BCUT2D eigenvalue weighted by Gasteiger charge is -2.22. The summed E-state index contributed by atoms with van der Waals surface area (Å²) in [4.78, 5) is 28.5. The minimum atomic E-state index is -0.328. The van der Waals surface area contributed by atoms with Crippen LogP contribution in [0.3, 0.4) is 0 Å². The molecule has 1 aromatic carbocycles. The van der Waals surface area contributed by atoms with Crippen LogP contribution >= 0.6 is 0 Å². The molecule has 0 aliphatic carbocycles. The van der Waals surface area contributed by atoms with Gasteiger partial charge in [0.1, 0.15) is 0 Å². The Hall–Kier alpha value is -3.64. The summed E-state index contributed by atoms with van der Waals surface area (Å²) in [5.74, 6) is -0.0870. The lowest BCUT2D eigenvalue weighted by atomic mass is 9.97.